The summed E-state index contributed by atoms with van der Waals surface area (Å²) in [5, 5.41) is 0. The quantitative estimate of drug-likeness (QED) is 0.329. The maximum Gasteiger partial charge on any atom is 0.131 e. The van der Waals surface area contributed by atoms with Gasteiger partial charge in [-0.25, -0.2) is 4.39 Å². The third kappa shape index (κ3) is 4.14. The molecule has 0 nitrogen and oxygen atoms in total. The third-order valence-corrected chi connectivity index (χ3v) is 5.56. The first kappa shape index (κ1) is 19.1. The van der Waals surface area contributed by atoms with Crippen molar-refractivity contribution in [2.75, 3.05) is 0 Å². The van der Waals surface area contributed by atoms with Crippen LogP contribution in [-0.4, -0.2) is 0 Å². The molecule has 0 atom stereocenters. The van der Waals surface area contributed by atoms with E-state index in [1.54, 1.807) is 6.07 Å². The summed E-state index contributed by atoms with van der Waals surface area (Å²) in [6.45, 7) is 4.29. The standard InChI is InChI=1S/C28H25F/c1-3-20-5-9-22(10-6-20)23-13-15-25(16-14-23)27-18-17-26(19-28(27)29)24-11-7-21(4-2)8-12-24/h5-19H,3-4H2,1-2H3. The summed E-state index contributed by atoms with van der Waals surface area (Å²) in [5.41, 5.74) is 8.41. The molecular formula is C28H25F. The number of aryl methyl sites for hydroxylation is 2. The highest BCUT2D eigenvalue weighted by atomic mass is 19.1. The van der Waals surface area contributed by atoms with Crippen LogP contribution in [0.3, 0.4) is 0 Å². The predicted molar refractivity (Wildman–Crippen MR) is 121 cm³/mol. The van der Waals surface area contributed by atoms with Gasteiger partial charge in [-0.2, -0.15) is 0 Å². The lowest BCUT2D eigenvalue weighted by atomic mass is 9.96. The van der Waals surface area contributed by atoms with Crippen molar-refractivity contribution in [3.05, 3.63) is 108 Å². The van der Waals surface area contributed by atoms with E-state index in [0.29, 0.717) is 5.56 Å². The highest BCUT2D eigenvalue weighted by molar-refractivity contribution is 5.74. The molecule has 0 aromatic heterocycles. The molecule has 0 aliphatic carbocycles. The first-order valence-corrected chi connectivity index (χ1v) is 10.3. The predicted octanol–water partition coefficient (Wildman–Crippen LogP) is 7.95. The van der Waals surface area contributed by atoms with Gasteiger partial charge in [0.2, 0.25) is 0 Å². The molecule has 0 bridgehead atoms. The van der Waals surface area contributed by atoms with Crippen LogP contribution in [-0.2, 0) is 12.8 Å². The average molecular weight is 381 g/mol. The van der Waals surface area contributed by atoms with Crippen LogP contribution in [0, 0.1) is 5.82 Å². The normalized spacial score (nSPS) is 10.9. The fourth-order valence-corrected chi connectivity index (χ4v) is 3.64. The summed E-state index contributed by atoms with van der Waals surface area (Å²) in [4.78, 5) is 0. The molecule has 4 aromatic carbocycles. The Morgan fingerprint density at radius 2 is 0.862 bits per heavy atom. The first-order chi connectivity index (χ1) is 14.2. The van der Waals surface area contributed by atoms with E-state index < -0.39 is 0 Å². The number of benzene rings is 4. The zero-order chi connectivity index (χ0) is 20.2. The van der Waals surface area contributed by atoms with Gasteiger partial charge in [-0.3, -0.25) is 0 Å². The summed E-state index contributed by atoms with van der Waals surface area (Å²) in [7, 11) is 0. The summed E-state index contributed by atoms with van der Waals surface area (Å²) in [5.74, 6) is -0.192. The second kappa shape index (κ2) is 8.45. The van der Waals surface area contributed by atoms with Crippen LogP contribution in [0.25, 0.3) is 33.4 Å². The van der Waals surface area contributed by atoms with Crippen molar-refractivity contribution in [1.29, 1.82) is 0 Å². The van der Waals surface area contributed by atoms with Crippen LogP contribution in [0.4, 0.5) is 4.39 Å². The van der Waals surface area contributed by atoms with Crippen LogP contribution < -0.4 is 0 Å². The molecule has 4 aromatic rings. The lowest BCUT2D eigenvalue weighted by Gasteiger charge is -2.09. The molecule has 0 saturated heterocycles. The van der Waals surface area contributed by atoms with Crippen molar-refractivity contribution < 1.29 is 4.39 Å². The van der Waals surface area contributed by atoms with Gasteiger partial charge in [0.05, 0.1) is 0 Å². The molecular weight excluding hydrogens is 355 g/mol. The molecule has 0 aliphatic heterocycles. The Kier molecular flexibility index (Phi) is 5.57. The molecule has 0 spiro atoms. The van der Waals surface area contributed by atoms with Gasteiger partial charge in [0.1, 0.15) is 5.82 Å². The van der Waals surface area contributed by atoms with E-state index in [2.05, 4.69) is 74.5 Å². The molecule has 29 heavy (non-hydrogen) atoms. The maximum atomic E-state index is 14.9. The van der Waals surface area contributed by atoms with Crippen LogP contribution >= 0.6 is 0 Å². The molecule has 0 heterocycles. The second-order valence-electron chi connectivity index (χ2n) is 7.37. The summed E-state index contributed by atoms with van der Waals surface area (Å²) < 4.78 is 14.9. The molecule has 0 radical (unpaired) electrons. The molecule has 1 heteroatoms. The zero-order valence-corrected chi connectivity index (χ0v) is 17.0. The van der Waals surface area contributed by atoms with Crippen molar-refractivity contribution in [3.63, 3.8) is 0 Å². The minimum Gasteiger partial charge on any atom is -0.206 e. The van der Waals surface area contributed by atoms with Crippen molar-refractivity contribution in [2.45, 2.75) is 26.7 Å². The second-order valence-corrected chi connectivity index (χ2v) is 7.37. The Morgan fingerprint density at radius 1 is 0.483 bits per heavy atom. The van der Waals surface area contributed by atoms with Crippen molar-refractivity contribution >= 4 is 0 Å². The lowest BCUT2D eigenvalue weighted by molar-refractivity contribution is 0.632. The molecule has 0 N–H and O–H groups in total. The smallest absolute Gasteiger partial charge is 0.131 e. The van der Waals surface area contributed by atoms with Crippen LogP contribution in [0.15, 0.2) is 91.0 Å². The van der Waals surface area contributed by atoms with E-state index in [0.717, 1.165) is 35.1 Å². The maximum absolute atomic E-state index is 14.9. The minimum absolute atomic E-state index is 0.192. The van der Waals surface area contributed by atoms with Gasteiger partial charge in [-0.1, -0.05) is 98.8 Å². The van der Waals surface area contributed by atoms with E-state index in [9.17, 15) is 4.39 Å². The molecule has 0 saturated carbocycles. The topological polar surface area (TPSA) is 0 Å². The van der Waals surface area contributed by atoms with E-state index in [1.807, 2.05) is 24.3 Å². The van der Waals surface area contributed by atoms with Crippen LogP contribution in [0.2, 0.25) is 0 Å². The SMILES string of the molecule is CCc1ccc(-c2ccc(-c3ccc(-c4ccc(CC)cc4)cc3F)cc2)cc1. The molecule has 0 unspecified atom stereocenters. The summed E-state index contributed by atoms with van der Waals surface area (Å²) in [6, 6.07) is 30.6. The molecule has 4 rings (SSSR count). The highest BCUT2D eigenvalue weighted by Gasteiger charge is 2.08. The van der Waals surface area contributed by atoms with Gasteiger partial charge >= 0.3 is 0 Å². The van der Waals surface area contributed by atoms with E-state index in [-0.39, 0.29) is 5.82 Å². The molecule has 144 valence electrons. The van der Waals surface area contributed by atoms with Crippen LogP contribution in [0.5, 0.6) is 0 Å². The van der Waals surface area contributed by atoms with Gasteiger partial charge in [0.25, 0.3) is 0 Å². The Labute approximate surface area is 172 Å². The Morgan fingerprint density at radius 3 is 1.31 bits per heavy atom. The molecule has 0 aliphatic rings. The zero-order valence-electron chi connectivity index (χ0n) is 17.0. The Balaban J connectivity index is 1.59. The number of rotatable bonds is 5. The fraction of sp³-hybridized carbons (Fsp3) is 0.143. The van der Waals surface area contributed by atoms with Gasteiger partial charge < -0.3 is 0 Å². The summed E-state index contributed by atoms with van der Waals surface area (Å²) in [6.07, 6.45) is 2.05. The minimum atomic E-state index is -0.192. The van der Waals surface area contributed by atoms with Gasteiger partial charge in [0, 0.05) is 5.56 Å². The van der Waals surface area contributed by atoms with Crippen molar-refractivity contribution in [2.24, 2.45) is 0 Å². The summed E-state index contributed by atoms with van der Waals surface area (Å²) >= 11 is 0. The van der Waals surface area contributed by atoms with E-state index in [4.69, 9.17) is 0 Å². The van der Waals surface area contributed by atoms with Gasteiger partial charge in [-0.15, -0.1) is 0 Å². The fourth-order valence-electron chi connectivity index (χ4n) is 3.64. The molecule has 0 amide bonds. The first-order valence-electron chi connectivity index (χ1n) is 10.3. The Hall–Kier alpha value is -3.19. The third-order valence-electron chi connectivity index (χ3n) is 5.56. The lowest BCUT2D eigenvalue weighted by Crippen LogP contribution is -1.88. The van der Waals surface area contributed by atoms with E-state index >= 15 is 0 Å². The highest BCUT2D eigenvalue weighted by Crippen LogP contribution is 2.30. The number of hydrogen-bond acceptors (Lipinski definition) is 0. The van der Waals surface area contributed by atoms with Crippen molar-refractivity contribution in [1.82, 2.24) is 0 Å². The van der Waals surface area contributed by atoms with Crippen LogP contribution in [0.1, 0.15) is 25.0 Å². The van der Waals surface area contributed by atoms with Crippen molar-refractivity contribution in [3.8, 4) is 33.4 Å². The number of halogens is 1. The van der Waals surface area contributed by atoms with E-state index in [1.165, 1.54) is 16.7 Å². The molecule has 0 fully saturated rings. The monoisotopic (exact) mass is 380 g/mol. The number of hydrogen-bond donors (Lipinski definition) is 0. The van der Waals surface area contributed by atoms with Gasteiger partial charge in [0.15, 0.2) is 0 Å². The average Bonchev–Trinajstić information content (AvgIpc) is 2.79. The Bertz CT molecular complexity index is 1090. The van der Waals surface area contributed by atoms with Gasteiger partial charge in [-0.05, 0) is 57.9 Å². The largest absolute Gasteiger partial charge is 0.206 e.